The molecule has 1 amide bonds. The molecule has 0 unspecified atom stereocenters. The third-order valence-electron chi connectivity index (χ3n) is 4.26. The summed E-state index contributed by atoms with van der Waals surface area (Å²) in [5.41, 5.74) is 3.40. The summed E-state index contributed by atoms with van der Waals surface area (Å²) in [5, 5.41) is 3.94. The minimum atomic E-state index is -3.69. The van der Waals surface area contributed by atoms with Gasteiger partial charge in [-0.25, -0.2) is 13.8 Å². The van der Waals surface area contributed by atoms with Crippen LogP contribution < -0.4 is 23.9 Å². The number of ether oxygens (including phenoxy) is 3. The Kier molecular flexibility index (Phi) is 9.99. The molecular weight excluding hydrogens is 446 g/mol. The molecule has 0 fully saturated rings. The topological polar surface area (TPSA) is 107 Å². The fourth-order valence-corrected chi connectivity index (χ4v) is 3.68. The zero-order chi connectivity index (χ0) is 24.3. The Labute approximate surface area is 195 Å². The van der Waals surface area contributed by atoms with E-state index in [0.717, 1.165) is 17.0 Å². The van der Waals surface area contributed by atoms with Crippen LogP contribution in [0, 0.1) is 0 Å². The summed E-state index contributed by atoms with van der Waals surface area (Å²) in [7, 11) is -3.69. The van der Waals surface area contributed by atoms with E-state index in [1.54, 1.807) is 42.5 Å². The van der Waals surface area contributed by atoms with Gasteiger partial charge in [0.2, 0.25) is 10.0 Å². The minimum absolute atomic E-state index is 0.351. The predicted octanol–water partition coefficient (Wildman–Crippen LogP) is 3.19. The van der Waals surface area contributed by atoms with Gasteiger partial charge in [-0.15, -0.1) is 0 Å². The average Bonchev–Trinajstić information content (AvgIpc) is 2.77. The van der Waals surface area contributed by atoms with Gasteiger partial charge in [-0.05, 0) is 68.3 Å². The third-order valence-corrected chi connectivity index (χ3v) is 5.40. The molecule has 0 aliphatic rings. The second-order valence-electron chi connectivity index (χ2n) is 6.98. The van der Waals surface area contributed by atoms with Crippen molar-refractivity contribution in [1.82, 2.24) is 5.43 Å². The van der Waals surface area contributed by atoms with E-state index in [1.165, 1.54) is 6.21 Å². The molecule has 0 radical (unpaired) electrons. The lowest BCUT2D eigenvalue weighted by Crippen LogP contribution is -2.39. The van der Waals surface area contributed by atoms with Crippen LogP contribution in [0.25, 0.3) is 0 Å². The summed E-state index contributed by atoms with van der Waals surface area (Å²) in [6.45, 7) is 6.89. The Hall–Kier alpha value is -3.27. The number of anilines is 1. The van der Waals surface area contributed by atoms with Gasteiger partial charge in [0.25, 0.3) is 5.91 Å². The first kappa shape index (κ1) is 26.0. The minimum Gasteiger partial charge on any atom is -0.494 e. The van der Waals surface area contributed by atoms with Gasteiger partial charge in [-0.1, -0.05) is 6.92 Å². The van der Waals surface area contributed by atoms with Crippen molar-refractivity contribution in [3.8, 4) is 17.2 Å². The van der Waals surface area contributed by atoms with Crippen molar-refractivity contribution in [3.05, 3.63) is 48.0 Å². The van der Waals surface area contributed by atoms with Crippen molar-refractivity contribution in [2.45, 2.75) is 27.2 Å². The number of nitrogens with zero attached hydrogens (tertiary/aromatic N) is 2. The fourth-order valence-electron chi connectivity index (χ4n) is 2.82. The van der Waals surface area contributed by atoms with Gasteiger partial charge < -0.3 is 14.2 Å². The Bertz CT molecular complexity index is 1040. The Morgan fingerprint density at radius 1 is 1.00 bits per heavy atom. The summed E-state index contributed by atoms with van der Waals surface area (Å²) < 4.78 is 42.1. The van der Waals surface area contributed by atoms with Gasteiger partial charge >= 0.3 is 0 Å². The van der Waals surface area contributed by atoms with Crippen molar-refractivity contribution in [3.63, 3.8) is 0 Å². The number of hydrogen-bond donors (Lipinski definition) is 1. The van der Waals surface area contributed by atoms with Gasteiger partial charge in [0.05, 0.1) is 38.0 Å². The highest BCUT2D eigenvalue weighted by Crippen LogP contribution is 2.28. The highest BCUT2D eigenvalue weighted by Gasteiger charge is 2.20. The van der Waals surface area contributed by atoms with Crippen LogP contribution in [-0.4, -0.2) is 53.2 Å². The first-order valence-electron chi connectivity index (χ1n) is 10.7. The molecule has 0 aliphatic carbocycles. The van der Waals surface area contributed by atoms with Crippen LogP contribution in [0.5, 0.6) is 17.2 Å². The molecule has 33 heavy (non-hydrogen) atoms. The Morgan fingerprint density at radius 3 is 2.30 bits per heavy atom. The largest absolute Gasteiger partial charge is 0.494 e. The second-order valence-corrected chi connectivity index (χ2v) is 8.88. The van der Waals surface area contributed by atoms with Crippen LogP contribution >= 0.6 is 0 Å². The maximum atomic E-state index is 12.4. The van der Waals surface area contributed by atoms with Gasteiger partial charge in [-0.2, -0.15) is 5.10 Å². The van der Waals surface area contributed by atoms with Crippen molar-refractivity contribution >= 4 is 27.8 Å². The number of carbonyl (C=O) groups excluding carboxylic acids is 1. The normalized spacial score (nSPS) is 11.3. The van der Waals surface area contributed by atoms with Gasteiger partial charge in [-0.3, -0.25) is 9.10 Å². The molecule has 0 aliphatic heterocycles. The van der Waals surface area contributed by atoms with E-state index in [2.05, 4.69) is 10.5 Å². The molecule has 2 aromatic rings. The summed E-state index contributed by atoms with van der Waals surface area (Å²) >= 11 is 0. The second kappa shape index (κ2) is 12.7. The lowest BCUT2D eigenvalue weighted by molar-refractivity contribution is -0.119. The summed E-state index contributed by atoms with van der Waals surface area (Å²) in [6, 6.07) is 11.8. The lowest BCUT2D eigenvalue weighted by atomic mass is 10.2. The number of carbonyl (C=O) groups is 1. The first-order chi connectivity index (χ1) is 15.8. The van der Waals surface area contributed by atoms with E-state index in [0.29, 0.717) is 48.3 Å². The highest BCUT2D eigenvalue weighted by molar-refractivity contribution is 7.92. The maximum Gasteiger partial charge on any atom is 0.260 e. The van der Waals surface area contributed by atoms with Crippen LogP contribution in [0.1, 0.15) is 32.8 Å². The van der Waals surface area contributed by atoms with E-state index in [1.807, 2.05) is 20.8 Å². The average molecular weight is 478 g/mol. The molecule has 2 rings (SSSR count). The maximum absolute atomic E-state index is 12.4. The van der Waals surface area contributed by atoms with E-state index in [9.17, 15) is 13.2 Å². The number of hydrogen-bond acceptors (Lipinski definition) is 7. The smallest absolute Gasteiger partial charge is 0.260 e. The first-order valence-corrected chi connectivity index (χ1v) is 12.5. The zero-order valence-electron chi connectivity index (χ0n) is 19.4. The molecule has 10 heteroatoms. The monoisotopic (exact) mass is 477 g/mol. The predicted molar refractivity (Wildman–Crippen MR) is 129 cm³/mol. The molecule has 0 bridgehead atoms. The van der Waals surface area contributed by atoms with Crippen LogP contribution in [0.2, 0.25) is 0 Å². The van der Waals surface area contributed by atoms with Crippen molar-refractivity contribution in [2.75, 3.05) is 36.9 Å². The molecule has 180 valence electrons. The van der Waals surface area contributed by atoms with Crippen LogP contribution in [-0.2, 0) is 14.8 Å². The highest BCUT2D eigenvalue weighted by atomic mass is 32.2. The molecular formula is C23H31N3O6S. The number of nitrogens with one attached hydrogen (secondary N) is 1. The van der Waals surface area contributed by atoms with Crippen LogP contribution in [0.15, 0.2) is 47.6 Å². The molecule has 0 saturated carbocycles. The van der Waals surface area contributed by atoms with Gasteiger partial charge in [0.15, 0.2) is 11.5 Å². The van der Waals surface area contributed by atoms with Crippen molar-refractivity contribution < 1.29 is 27.4 Å². The Balaban J connectivity index is 2.06. The fraction of sp³-hybridized carbons (Fsp3) is 0.391. The van der Waals surface area contributed by atoms with E-state index < -0.39 is 22.5 Å². The van der Waals surface area contributed by atoms with Crippen molar-refractivity contribution in [2.24, 2.45) is 5.10 Å². The van der Waals surface area contributed by atoms with E-state index >= 15 is 0 Å². The Morgan fingerprint density at radius 2 is 1.70 bits per heavy atom. The van der Waals surface area contributed by atoms with E-state index in [4.69, 9.17) is 14.2 Å². The molecule has 0 aromatic heterocycles. The quantitative estimate of drug-likeness (QED) is 0.351. The summed E-state index contributed by atoms with van der Waals surface area (Å²) in [6.07, 6.45) is 3.37. The van der Waals surface area contributed by atoms with Crippen LogP contribution in [0.4, 0.5) is 5.69 Å². The molecule has 0 heterocycles. The molecule has 0 atom stereocenters. The molecule has 2 aromatic carbocycles. The van der Waals surface area contributed by atoms with E-state index in [-0.39, 0.29) is 0 Å². The lowest BCUT2D eigenvalue weighted by Gasteiger charge is -2.21. The summed E-state index contributed by atoms with van der Waals surface area (Å²) in [5.74, 6) is 1.25. The number of rotatable bonds is 13. The van der Waals surface area contributed by atoms with Gasteiger partial charge in [0.1, 0.15) is 12.3 Å². The molecule has 9 nitrogen and oxygen atoms in total. The molecule has 1 N–H and O–H groups in total. The zero-order valence-corrected chi connectivity index (χ0v) is 20.2. The summed E-state index contributed by atoms with van der Waals surface area (Å²) in [4.78, 5) is 12.4. The SMILES string of the molecule is CCCOc1ccc(C=NNC(=O)CN(c2ccc(OCC)cc2)S(C)(=O)=O)cc1OCC. The number of benzene rings is 2. The number of sulfonamides is 1. The molecule has 0 spiro atoms. The van der Waals surface area contributed by atoms with Crippen LogP contribution in [0.3, 0.4) is 0 Å². The number of amides is 1. The molecule has 0 saturated heterocycles. The third kappa shape index (κ3) is 8.30. The standard InChI is InChI=1S/C23H31N3O6S/c1-5-14-32-21-13-8-18(15-22(21)31-7-3)16-24-25-23(27)17-26(33(4,28)29)19-9-11-20(12-10-19)30-6-2/h8-13,15-16H,5-7,14,17H2,1-4H3,(H,25,27). The van der Waals surface area contributed by atoms with Crippen molar-refractivity contribution in [1.29, 1.82) is 0 Å². The number of hydrazone groups is 1. The van der Waals surface area contributed by atoms with Gasteiger partial charge in [0, 0.05) is 0 Å².